The SMILES string of the molecule is [O-][n+]1cncc2cc(CBr)ccc21. The summed E-state index contributed by atoms with van der Waals surface area (Å²) >= 11 is 3.36. The van der Waals surface area contributed by atoms with Gasteiger partial charge in [-0.2, -0.15) is 0 Å². The zero-order valence-electron chi connectivity index (χ0n) is 6.77. The van der Waals surface area contributed by atoms with E-state index in [0.717, 1.165) is 21.0 Å². The van der Waals surface area contributed by atoms with Crippen LogP contribution in [0, 0.1) is 5.21 Å². The predicted octanol–water partition coefficient (Wildman–Crippen LogP) is 1.76. The van der Waals surface area contributed by atoms with Crippen molar-refractivity contribution in [2.75, 3.05) is 0 Å². The molecular formula is C9H7BrN2O. The normalized spacial score (nSPS) is 10.5. The lowest BCUT2D eigenvalue weighted by atomic mass is 10.2. The van der Waals surface area contributed by atoms with E-state index in [4.69, 9.17) is 0 Å². The Labute approximate surface area is 83.7 Å². The summed E-state index contributed by atoms with van der Waals surface area (Å²) < 4.78 is 0.771. The molecule has 13 heavy (non-hydrogen) atoms. The van der Waals surface area contributed by atoms with Crippen molar-refractivity contribution in [2.45, 2.75) is 5.33 Å². The van der Waals surface area contributed by atoms with Gasteiger partial charge in [-0.05, 0) is 17.7 Å². The maximum Gasteiger partial charge on any atom is 0.289 e. The molecule has 0 bridgehead atoms. The molecule has 0 N–H and O–H groups in total. The van der Waals surface area contributed by atoms with Crippen LogP contribution < -0.4 is 4.73 Å². The van der Waals surface area contributed by atoms with Gasteiger partial charge in [-0.15, -0.1) is 0 Å². The van der Waals surface area contributed by atoms with Gasteiger partial charge in [0.1, 0.15) is 5.52 Å². The van der Waals surface area contributed by atoms with Gasteiger partial charge in [0.15, 0.2) is 6.20 Å². The first kappa shape index (κ1) is 8.44. The van der Waals surface area contributed by atoms with Crippen molar-refractivity contribution in [3.05, 3.63) is 41.5 Å². The highest BCUT2D eigenvalue weighted by atomic mass is 79.9. The van der Waals surface area contributed by atoms with Crippen molar-refractivity contribution >= 4 is 26.8 Å². The summed E-state index contributed by atoms with van der Waals surface area (Å²) in [7, 11) is 0. The molecule has 0 amide bonds. The Morgan fingerprint density at radius 3 is 3.08 bits per heavy atom. The molecule has 1 aromatic carbocycles. The van der Waals surface area contributed by atoms with E-state index in [0.29, 0.717) is 5.52 Å². The Morgan fingerprint density at radius 1 is 1.46 bits per heavy atom. The Hall–Kier alpha value is -1.16. The molecule has 0 atom stereocenters. The van der Waals surface area contributed by atoms with Crippen LogP contribution in [0.5, 0.6) is 0 Å². The van der Waals surface area contributed by atoms with E-state index < -0.39 is 0 Å². The highest BCUT2D eigenvalue weighted by molar-refractivity contribution is 9.08. The van der Waals surface area contributed by atoms with E-state index in [9.17, 15) is 5.21 Å². The molecule has 0 aliphatic heterocycles. The maximum absolute atomic E-state index is 11.2. The Kier molecular flexibility index (Phi) is 2.14. The molecule has 0 unspecified atom stereocenters. The number of rotatable bonds is 1. The number of hydrogen-bond donors (Lipinski definition) is 0. The van der Waals surface area contributed by atoms with Crippen molar-refractivity contribution in [2.24, 2.45) is 0 Å². The fraction of sp³-hybridized carbons (Fsp3) is 0.111. The Balaban J connectivity index is 2.72. The molecule has 0 aliphatic carbocycles. The van der Waals surface area contributed by atoms with Gasteiger partial charge in [0.05, 0.1) is 5.39 Å². The van der Waals surface area contributed by atoms with E-state index in [1.165, 1.54) is 6.33 Å². The van der Waals surface area contributed by atoms with Crippen LogP contribution in [0.4, 0.5) is 0 Å². The highest BCUT2D eigenvalue weighted by Crippen LogP contribution is 2.13. The predicted molar refractivity (Wildman–Crippen MR) is 53.3 cm³/mol. The molecule has 2 aromatic rings. The lowest BCUT2D eigenvalue weighted by Crippen LogP contribution is -2.26. The van der Waals surface area contributed by atoms with Crippen molar-refractivity contribution in [1.29, 1.82) is 0 Å². The number of halogens is 1. The first-order chi connectivity index (χ1) is 6.31. The Bertz CT molecular complexity index is 445. The summed E-state index contributed by atoms with van der Waals surface area (Å²) in [5.74, 6) is 0. The topological polar surface area (TPSA) is 39.8 Å². The van der Waals surface area contributed by atoms with Gasteiger partial charge in [0, 0.05) is 5.33 Å². The minimum absolute atomic E-state index is 0.653. The van der Waals surface area contributed by atoms with Crippen LogP contribution in [-0.4, -0.2) is 4.98 Å². The van der Waals surface area contributed by atoms with Gasteiger partial charge in [-0.1, -0.05) is 27.0 Å². The molecule has 0 saturated heterocycles. The molecule has 2 rings (SSSR count). The van der Waals surface area contributed by atoms with Crippen molar-refractivity contribution < 1.29 is 4.73 Å². The third kappa shape index (κ3) is 1.49. The van der Waals surface area contributed by atoms with Gasteiger partial charge in [0.25, 0.3) is 6.33 Å². The van der Waals surface area contributed by atoms with E-state index in [2.05, 4.69) is 20.9 Å². The average molecular weight is 239 g/mol. The van der Waals surface area contributed by atoms with Crippen LogP contribution in [0.15, 0.2) is 30.7 Å². The number of alkyl halides is 1. The largest absolute Gasteiger partial charge is 0.710 e. The summed E-state index contributed by atoms with van der Waals surface area (Å²) in [6.45, 7) is 0. The molecule has 0 aliphatic rings. The molecule has 0 fully saturated rings. The third-order valence-electron chi connectivity index (χ3n) is 1.87. The molecule has 0 saturated carbocycles. The zero-order chi connectivity index (χ0) is 9.26. The molecule has 66 valence electrons. The molecule has 0 spiro atoms. The van der Waals surface area contributed by atoms with Crippen LogP contribution in [-0.2, 0) is 5.33 Å². The van der Waals surface area contributed by atoms with Gasteiger partial charge < -0.3 is 5.21 Å². The first-order valence-corrected chi connectivity index (χ1v) is 4.95. The number of fused-ring (bicyclic) bond motifs is 1. The summed E-state index contributed by atoms with van der Waals surface area (Å²) in [4.78, 5) is 3.82. The molecule has 1 heterocycles. The summed E-state index contributed by atoms with van der Waals surface area (Å²) in [6.07, 6.45) is 2.95. The second-order valence-corrected chi connectivity index (χ2v) is 3.31. The van der Waals surface area contributed by atoms with Gasteiger partial charge >= 0.3 is 0 Å². The minimum atomic E-state index is 0.653. The summed E-state index contributed by atoms with van der Waals surface area (Å²) in [5.41, 5.74) is 1.79. The van der Waals surface area contributed by atoms with Crippen molar-refractivity contribution in [3.8, 4) is 0 Å². The third-order valence-corrected chi connectivity index (χ3v) is 2.52. The smallest absolute Gasteiger partial charge is 0.289 e. The van der Waals surface area contributed by atoms with Gasteiger partial charge in [0.2, 0.25) is 0 Å². The quantitative estimate of drug-likeness (QED) is 0.432. The molecular weight excluding hydrogens is 232 g/mol. The molecule has 4 heteroatoms. The number of aromatic nitrogens is 2. The number of nitrogens with zero attached hydrogens (tertiary/aromatic N) is 2. The fourth-order valence-electron chi connectivity index (χ4n) is 1.23. The Morgan fingerprint density at radius 2 is 2.31 bits per heavy atom. The second kappa shape index (κ2) is 3.30. The lowest BCUT2D eigenvalue weighted by molar-refractivity contribution is -0.580. The minimum Gasteiger partial charge on any atom is -0.710 e. The molecule has 1 aromatic heterocycles. The lowest BCUT2D eigenvalue weighted by Gasteiger charge is -2.04. The van der Waals surface area contributed by atoms with Crippen molar-refractivity contribution in [3.63, 3.8) is 0 Å². The van der Waals surface area contributed by atoms with E-state index in [1.54, 1.807) is 12.3 Å². The van der Waals surface area contributed by atoms with Crippen LogP contribution in [0.2, 0.25) is 0 Å². The summed E-state index contributed by atoms with van der Waals surface area (Å²) in [6, 6.07) is 5.68. The molecule has 0 radical (unpaired) electrons. The van der Waals surface area contributed by atoms with E-state index >= 15 is 0 Å². The maximum atomic E-state index is 11.2. The van der Waals surface area contributed by atoms with Crippen LogP contribution in [0.1, 0.15) is 5.56 Å². The monoisotopic (exact) mass is 238 g/mol. The van der Waals surface area contributed by atoms with Gasteiger partial charge in [-0.25, -0.2) is 4.73 Å². The number of benzene rings is 1. The fourth-order valence-corrected chi connectivity index (χ4v) is 1.58. The van der Waals surface area contributed by atoms with Crippen molar-refractivity contribution in [1.82, 2.24) is 4.98 Å². The van der Waals surface area contributed by atoms with Crippen LogP contribution in [0.3, 0.4) is 0 Å². The second-order valence-electron chi connectivity index (χ2n) is 2.75. The van der Waals surface area contributed by atoms with E-state index in [1.807, 2.05) is 12.1 Å². The van der Waals surface area contributed by atoms with Crippen LogP contribution >= 0.6 is 15.9 Å². The zero-order valence-corrected chi connectivity index (χ0v) is 8.36. The standard InChI is InChI=1S/C9H7BrN2O/c10-4-7-1-2-9-8(3-7)5-11-6-12(9)13/h1-3,5-6H,4H2. The highest BCUT2D eigenvalue weighted by Gasteiger charge is 2.01. The number of hydrogen-bond acceptors (Lipinski definition) is 2. The average Bonchev–Trinajstić information content (AvgIpc) is 2.18. The van der Waals surface area contributed by atoms with Gasteiger partial charge in [-0.3, -0.25) is 0 Å². The van der Waals surface area contributed by atoms with Crippen LogP contribution in [0.25, 0.3) is 10.9 Å². The summed E-state index contributed by atoms with van der Waals surface area (Å²) in [5, 5.41) is 12.9. The van der Waals surface area contributed by atoms with E-state index in [-0.39, 0.29) is 0 Å². The first-order valence-electron chi connectivity index (χ1n) is 3.83. The molecule has 3 nitrogen and oxygen atoms in total.